The lowest BCUT2D eigenvalue weighted by Crippen LogP contribution is -1.98. The number of nitrogens with one attached hydrogen (secondary N) is 1. The Bertz CT molecular complexity index is 90.7. The molecule has 6 heavy (non-hydrogen) atoms. The summed E-state index contributed by atoms with van der Waals surface area (Å²) in [6, 6.07) is 1.66. The topological polar surface area (TPSA) is 29.1 Å². The van der Waals surface area contributed by atoms with Crippen molar-refractivity contribution in [3.63, 3.8) is 0 Å². The Morgan fingerprint density at radius 3 is 2.67 bits per heavy atom. The highest BCUT2D eigenvalue weighted by atomic mass is 19.1. The van der Waals surface area contributed by atoms with Crippen LogP contribution in [0.4, 0.5) is 4.39 Å². The number of rotatable bonds is 1. The van der Waals surface area contributed by atoms with Gasteiger partial charge in [-0.25, -0.2) is 0 Å². The summed E-state index contributed by atoms with van der Waals surface area (Å²) in [4.78, 5) is 9.18. The molecule has 1 N–H and O–H groups in total. The summed E-state index contributed by atoms with van der Waals surface area (Å²) in [6.45, 7) is 0. The standard InChI is InChI=1S/C3H2FNO/c4-1-2-5-3-6/h3H,(H,5,6). The zero-order chi connectivity index (χ0) is 4.83. The second kappa shape index (κ2) is 3.96. The van der Waals surface area contributed by atoms with E-state index in [-0.39, 0.29) is 0 Å². The number of carbonyl (C=O) groups is 1. The Kier molecular flexibility index (Phi) is 3.27. The van der Waals surface area contributed by atoms with Gasteiger partial charge in [-0.3, -0.25) is 10.1 Å². The first kappa shape index (κ1) is 4.96. The minimum absolute atomic E-state index is 0.298. The van der Waals surface area contributed by atoms with Gasteiger partial charge < -0.3 is 0 Å². The van der Waals surface area contributed by atoms with Crippen LogP contribution in [0, 0.1) is 12.2 Å². The molecule has 0 aliphatic rings. The van der Waals surface area contributed by atoms with Crippen molar-refractivity contribution >= 4 is 6.41 Å². The molecule has 0 aromatic rings. The maximum atomic E-state index is 10.6. The van der Waals surface area contributed by atoms with Crippen molar-refractivity contribution in [1.29, 1.82) is 0 Å². The highest BCUT2D eigenvalue weighted by Gasteiger charge is 1.56. The van der Waals surface area contributed by atoms with E-state index in [0.717, 1.165) is 6.17 Å². The van der Waals surface area contributed by atoms with Crippen molar-refractivity contribution in [2.75, 3.05) is 0 Å². The molecule has 0 fully saturated rings. The van der Waals surface area contributed by atoms with Crippen LogP contribution in [-0.4, -0.2) is 6.41 Å². The van der Waals surface area contributed by atoms with Crippen LogP contribution in [0.5, 0.6) is 0 Å². The summed E-state index contributed by atoms with van der Waals surface area (Å²) in [5.41, 5.74) is 0. The highest BCUT2D eigenvalue weighted by Crippen LogP contribution is 1.44. The number of amides is 1. The molecule has 2 nitrogen and oxygen atoms in total. The van der Waals surface area contributed by atoms with E-state index in [1.807, 2.05) is 0 Å². The van der Waals surface area contributed by atoms with Crippen molar-refractivity contribution in [2.24, 2.45) is 0 Å². The van der Waals surface area contributed by atoms with Gasteiger partial charge in [-0.05, 0) is 0 Å². The van der Waals surface area contributed by atoms with Gasteiger partial charge in [0.25, 0.3) is 0 Å². The van der Waals surface area contributed by atoms with Gasteiger partial charge >= 0.3 is 0 Å². The normalized spacial score (nSPS) is 4.83. The third kappa shape index (κ3) is 2.96. The van der Waals surface area contributed by atoms with E-state index in [9.17, 15) is 9.18 Å². The quantitative estimate of drug-likeness (QED) is 0.263. The summed E-state index contributed by atoms with van der Waals surface area (Å²) in [5.74, 6) is 0. The number of carbonyl (C=O) groups excluding carboxylic acids is 1. The predicted octanol–water partition coefficient (Wildman–Crippen LogP) is -0.380. The summed E-state index contributed by atoms with van der Waals surface area (Å²) >= 11 is 0. The average Bonchev–Trinajstić information content (AvgIpc) is 1.61. The van der Waals surface area contributed by atoms with Crippen LogP contribution in [0.25, 0.3) is 0 Å². The average molecular weight is 87.1 g/mol. The molecule has 0 aromatic heterocycles. The molecule has 0 heterocycles. The lowest BCUT2D eigenvalue weighted by Gasteiger charge is -1.66. The first-order valence-corrected chi connectivity index (χ1v) is 1.21. The van der Waals surface area contributed by atoms with Gasteiger partial charge in [0.1, 0.15) is 6.17 Å². The third-order valence-corrected chi connectivity index (χ3v) is 0.178. The van der Waals surface area contributed by atoms with Crippen LogP contribution in [0.1, 0.15) is 0 Å². The first-order chi connectivity index (χ1) is 2.91. The highest BCUT2D eigenvalue weighted by molar-refractivity contribution is 5.49. The molecular formula is C3H2FNO. The van der Waals surface area contributed by atoms with Crippen LogP contribution in [0.2, 0.25) is 0 Å². The molecule has 0 aliphatic heterocycles. The molecule has 0 saturated carbocycles. The minimum atomic E-state index is 0.298. The zero-order valence-corrected chi connectivity index (χ0v) is 2.86. The molecule has 0 radical (unpaired) electrons. The molecule has 0 aliphatic carbocycles. The zero-order valence-electron chi connectivity index (χ0n) is 2.86. The van der Waals surface area contributed by atoms with E-state index >= 15 is 0 Å². The van der Waals surface area contributed by atoms with Crippen LogP contribution in [-0.2, 0) is 4.79 Å². The van der Waals surface area contributed by atoms with E-state index in [0.29, 0.717) is 6.41 Å². The summed E-state index contributed by atoms with van der Waals surface area (Å²) in [7, 11) is 0. The van der Waals surface area contributed by atoms with Gasteiger partial charge in [0.15, 0.2) is 0 Å². The van der Waals surface area contributed by atoms with Gasteiger partial charge in [0, 0.05) is 6.04 Å². The van der Waals surface area contributed by atoms with Gasteiger partial charge in [-0.1, -0.05) is 0 Å². The predicted molar refractivity (Wildman–Crippen MR) is 18.1 cm³/mol. The Balaban J connectivity index is 3.00. The molecule has 0 aromatic carbocycles. The maximum absolute atomic E-state index is 10.6. The molecule has 0 atom stereocenters. The first-order valence-electron chi connectivity index (χ1n) is 1.21. The van der Waals surface area contributed by atoms with Gasteiger partial charge in [0.2, 0.25) is 6.41 Å². The largest absolute Gasteiger partial charge is 0.286 e. The lowest BCUT2D eigenvalue weighted by molar-refractivity contribution is -0.108. The van der Waals surface area contributed by atoms with Crippen molar-refractivity contribution in [2.45, 2.75) is 0 Å². The summed E-state index contributed by atoms with van der Waals surface area (Å²) in [5, 5.41) is 1.78. The molecular weight excluding hydrogens is 85.0 g/mol. The number of hydrogen-bond acceptors (Lipinski definition) is 1. The molecule has 1 amide bonds. The fourth-order valence-electron chi connectivity index (χ4n) is 0.0567. The maximum Gasteiger partial charge on any atom is 0.218 e. The van der Waals surface area contributed by atoms with Crippen molar-refractivity contribution in [1.82, 2.24) is 5.32 Å². The SMILES string of the molecule is O=CNC#CF. The second-order valence-corrected chi connectivity index (χ2v) is 0.482. The van der Waals surface area contributed by atoms with Gasteiger partial charge in [0.05, 0.1) is 0 Å². The molecule has 32 valence electrons. The Hall–Kier alpha value is -1.04. The molecule has 0 bridgehead atoms. The van der Waals surface area contributed by atoms with Crippen LogP contribution < -0.4 is 5.32 Å². The third-order valence-electron chi connectivity index (χ3n) is 0.178. The van der Waals surface area contributed by atoms with Crippen molar-refractivity contribution in [3.05, 3.63) is 0 Å². The fourth-order valence-corrected chi connectivity index (χ4v) is 0.0567. The number of halogens is 1. The number of hydrogen-bond donors (Lipinski definition) is 1. The molecule has 0 spiro atoms. The van der Waals surface area contributed by atoms with Crippen LogP contribution in [0.15, 0.2) is 0 Å². The van der Waals surface area contributed by atoms with Crippen LogP contribution >= 0.6 is 0 Å². The Labute approximate surface area is 34.3 Å². The smallest absolute Gasteiger partial charge is 0.218 e. The fraction of sp³-hybridized carbons (Fsp3) is 0. The molecule has 0 unspecified atom stereocenters. The van der Waals surface area contributed by atoms with Gasteiger partial charge in [-0.2, -0.15) is 0 Å². The monoisotopic (exact) mass is 87.0 g/mol. The van der Waals surface area contributed by atoms with E-state index in [4.69, 9.17) is 0 Å². The van der Waals surface area contributed by atoms with E-state index in [1.54, 1.807) is 11.4 Å². The van der Waals surface area contributed by atoms with Gasteiger partial charge in [-0.15, -0.1) is 4.39 Å². The molecule has 0 saturated heterocycles. The second-order valence-electron chi connectivity index (χ2n) is 0.482. The minimum Gasteiger partial charge on any atom is -0.286 e. The molecule has 0 rings (SSSR count). The lowest BCUT2D eigenvalue weighted by atomic mass is 11.1. The van der Waals surface area contributed by atoms with E-state index in [1.165, 1.54) is 0 Å². The summed E-state index contributed by atoms with van der Waals surface area (Å²) in [6.07, 6.45) is 1.27. The Morgan fingerprint density at radius 1 is 1.83 bits per heavy atom. The molecule has 3 heteroatoms. The summed E-state index contributed by atoms with van der Waals surface area (Å²) < 4.78 is 10.6. The van der Waals surface area contributed by atoms with E-state index < -0.39 is 0 Å². The van der Waals surface area contributed by atoms with Crippen molar-refractivity contribution < 1.29 is 9.18 Å². The van der Waals surface area contributed by atoms with Crippen LogP contribution in [0.3, 0.4) is 0 Å². The Morgan fingerprint density at radius 2 is 2.50 bits per heavy atom. The van der Waals surface area contributed by atoms with Crippen molar-refractivity contribution in [3.8, 4) is 12.2 Å². The van der Waals surface area contributed by atoms with E-state index in [2.05, 4.69) is 0 Å².